The van der Waals surface area contributed by atoms with Crippen LogP contribution in [-0.4, -0.2) is 24.5 Å². The molecule has 6 nitrogen and oxygen atoms in total. The number of aromatic nitrogens is 5. The molecule has 0 aliphatic carbocycles. The van der Waals surface area contributed by atoms with Crippen molar-refractivity contribution in [1.29, 1.82) is 0 Å². The van der Waals surface area contributed by atoms with Gasteiger partial charge in [0.25, 0.3) is 0 Å². The van der Waals surface area contributed by atoms with Crippen molar-refractivity contribution in [2.75, 3.05) is 0 Å². The van der Waals surface area contributed by atoms with Gasteiger partial charge in [-0.3, -0.25) is 9.55 Å². The number of halogens is 1. The summed E-state index contributed by atoms with van der Waals surface area (Å²) in [5.41, 5.74) is 1.79. The minimum absolute atomic E-state index is 0.163. The number of unbranched alkanes of at least 4 members (excludes halogenated alkanes) is 2. The van der Waals surface area contributed by atoms with Crippen molar-refractivity contribution < 1.29 is 0 Å². The normalized spacial score (nSPS) is 11.3. The first-order valence-electron chi connectivity index (χ1n) is 6.99. The Morgan fingerprint density at radius 1 is 1.33 bits per heavy atom. The van der Waals surface area contributed by atoms with Gasteiger partial charge in [-0.2, -0.15) is 0 Å². The Balaban J connectivity index is 2.21. The molecule has 0 fully saturated rings. The van der Waals surface area contributed by atoms with Crippen LogP contribution in [0.25, 0.3) is 22.6 Å². The molecular weight excluding hydrogens is 290 g/mol. The van der Waals surface area contributed by atoms with Gasteiger partial charge in [-0.15, -0.1) is 0 Å². The van der Waals surface area contributed by atoms with Gasteiger partial charge in [-0.05, 0) is 6.42 Å². The number of imidazole rings is 2. The monoisotopic (exact) mass is 305 g/mol. The van der Waals surface area contributed by atoms with Gasteiger partial charge in [-0.25, -0.2) is 14.8 Å². The SMILES string of the molecule is CCCCCn1c(=O)[nH]c2ncc(Cl)c(-c3ncc[nH]3)c21. The Hall–Kier alpha value is -2.08. The van der Waals surface area contributed by atoms with E-state index in [9.17, 15) is 4.79 Å². The lowest BCUT2D eigenvalue weighted by atomic mass is 10.2. The van der Waals surface area contributed by atoms with Gasteiger partial charge < -0.3 is 4.98 Å². The molecule has 110 valence electrons. The zero-order valence-electron chi connectivity index (χ0n) is 11.7. The first kappa shape index (κ1) is 13.9. The van der Waals surface area contributed by atoms with Crippen LogP contribution in [0.2, 0.25) is 5.02 Å². The minimum atomic E-state index is -0.163. The number of rotatable bonds is 5. The number of aryl methyl sites for hydroxylation is 1. The lowest BCUT2D eigenvalue weighted by Crippen LogP contribution is -2.17. The molecule has 21 heavy (non-hydrogen) atoms. The van der Waals surface area contributed by atoms with Crippen LogP contribution in [0, 0.1) is 0 Å². The summed E-state index contributed by atoms with van der Waals surface area (Å²) in [6.45, 7) is 2.77. The molecule has 3 heterocycles. The van der Waals surface area contributed by atoms with Gasteiger partial charge in [0.1, 0.15) is 11.3 Å². The Kier molecular flexibility index (Phi) is 3.79. The molecule has 0 spiro atoms. The van der Waals surface area contributed by atoms with Crippen LogP contribution in [0.3, 0.4) is 0 Å². The second-order valence-corrected chi connectivity index (χ2v) is 5.31. The summed E-state index contributed by atoms with van der Waals surface area (Å²) in [6.07, 6.45) is 8.03. The highest BCUT2D eigenvalue weighted by molar-refractivity contribution is 6.34. The summed E-state index contributed by atoms with van der Waals surface area (Å²) in [7, 11) is 0. The molecule has 0 aromatic carbocycles. The van der Waals surface area contributed by atoms with Crippen molar-refractivity contribution in [3.05, 3.63) is 34.1 Å². The van der Waals surface area contributed by atoms with Crippen molar-refractivity contribution in [3.63, 3.8) is 0 Å². The van der Waals surface area contributed by atoms with Gasteiger partial charge in [0.15, 0.2) is 5.65 Å². The lowest BCUT2D eigenvalue weighted by Gasteiger charge is -2.07. The van der Waals surface area contributed by atoms with E-state index >= 15 is 0 Å². The second kappa shape index (κ2) is 5.73. The highest BCUT2D eigenvalue weighted by atomic mass is 35.5. The third kappa shape index (κ3) is 2.47. The van der Waals surface area contributed by atoms with Crippen LogP contribution in [0.15, 0.2) is 23.4 Å². The molecular formula is C14H16ClN5O. The van der Waals surface area contributed by atoms with Crippen molar-refractivity contribution in [1.82, 2.24) is 24.5 Å². The third-order valence-electron chi connectivity index (χ3n) is 3.47. The van der Waals surface area contributed by atoms with E-state index in [4.69, 9.17) is 11.6 Å². The van der Waals surface area contributed by atoms with Crippen molar-refractivity contribution in [2.24, 2.45) is 0 Å². The van der Waals surface area contributed by atoms with Crippen molar-refractivity contribution >= 4 is 22.8 Å². The standard InChI is InChI=1S/C14H16ClN5O/c1-2-3-4-7-20-11-10(12-16-5-6-17-12)9(15)8-18-13(11)19-14(20)21/h5-6,8H,2-4,7H2,1H3,(H,16,17)(H,18,19,21). The highest BCUT2D eigenvalue weighted by Crippen LogP contribution is 2.30. The van der Waals surface area contributed by atoms with Gasteiger partial charge in [-0.1, -0.05) is 31.4 Å². The van der Waals surface area contributed by atoms with E-state index in [1.807, 2.05) is 0 Å². The number of H-pyrrole nitrogens is 2. The largest absolute Gasteiger partial charge is 0.345 e. The van der Waals surface area contributed by atoms with Crippen LogP contribution >= 0.6 is 11.6 Å². The number of nitrogens with one attached hydrogen (secondary N) is 2. The zero-order valence-corrected chi connectivity index (χ0v) is 12.4. The van der Waals surface area contributed by atoms with Crippen LogP contribution < -0.4 is 5.69 Å². The fourth-order valence-corrected chi connectivity index (χ4v) is 2.69. The van der Waals surface area contributed by atoms with Gasteiger partial charge in [0.05, 0.1) is 10.6 Å². The molecule has 0 amide bonds. The summed E-state index contributed by atoms with van der Waals surface area (Å²) in [4.78, 5) is 26.4. The fourth-order valence-electron chi connectivity index (χ4n) is 2.46. The number of nitrogens with zero attached hydrogens (tertiary/aromatic N) is 3. The van der Waals surface area contributed by atoms with E-state index in [0.717, 1.165) is 19.3 Å². The fraction of sp³-hybridized carbons (Fsp3) is 0.357. The molecule has 7 heteroatoms. The summed E-state index contributed by atoms with van der Waals surface area (Å²) >= 11 is 6.29. The zero-order chi connectivity index (χ0) is 14.8. The number of hydrogen-bond donors (Lipinski definition) is 2. The number of hydrogen-bond acceptors (Lipinski definition) is 3. The van der Waals surface area contributed by atoms with Crippen LogP contribution in [-0.2, 0) is 6.54 Å². The first-order valence-corrected chi connectivity index (χ1v) is 7.37. The topological polar surface area (TPSA) is 79.4 Å². The number of pyridine rings is 1. The van der Waals surface area contributed by atoms with E-state index in [-0.39, 0.29) is 5.69 Å². The predicted octanol–water partition coefficient (Wildman–Crippen LogP) is 2.96. The Bertz CT molecular complexity index is 803. The lowest BCUT2D eigenvalue weighted by molar-refractivity contribution is 0.601. The molecule has 0 aliphatic rings. The Labute approximate surface area is 126 Å². The number of aromatic amines is 2. The van der Waals surface area contributed by atoms with Crippen molar-refractivity contribution in [3.8, 4) is 11.4 Å². The molecule has 3 aromatic rings. The molecule has 0 bridgehead atoms. The van der Waals surface area contributed by atoms with Crippen molar-refractivity contribution in [2.45, 2.75) is 32.7 Å². The number of fused-ring (bicyclic) bond motifs is 1. The maximum atomic E-state index is 12.2. The Morgan fingerprint density at radius 2 is 2.19 bits per heavy atom. The van der Waals surface area contributed by atoms with E-state index < -0.39 is 0 Å². The average Bonchev–Trinajstić information content (AvgIpc) is 3.08. The van der Waals surface area contributed by atoms with E-state index in [0.29, 0.717) is 34.1 Å². The molecule has 0 aliphatic heterocycles. The summed E-state index contributed by atoms with van der Waals surface area (Å²) < 4.78 is 1.70. The molecule has 0 unspecified atom stereocenters. The minimum Gasteiger partial charge on any atom is -0.345 e. The van der Waals surface area contributed by atoms with Crippen LogP contribution in [0.1, 0.15) is 26.2 Å². The molecule has 3 rings (SSSR count). The summed E-state index contributed by atoms with van der Waals surface area (Å²) in [6, 6.07) is 0. The quantitative estimate of drug-likeness (QED) is 0.711. The Morgan fingerprint density at radius 3 is 2.90 bits per heavy atom. The maximum absolute atomic E-state index is 12.2. The average molecular weight is 306 g/mol. The molecule has 0 saturated heterocycles. The maximum Gasteiger partial charge on any atom is 0.327 e. The summed E-state index contributed by atoms with van der Waals surface area (Å²) in [5.74, 6) is 0.635. The summed E-state index contributed by atoms with van der Waals surface area (Å²) in [5, 5.41) is 0.473. The molecule has 0 saturated carbocycles. The predicted molar refractivity (Wildman–Crippen MR) is 82.5 cm³/mol. The molecule has 2 N–H and O–H groups in total. The first-order chi connectivity index (χ1) is 10.2. The van der Waals surface area contributed by atoms with Gasteiger partial charge >= 0.3 is 5.69 Å². The van der Waals surface area contributed by atoms with Crippen LogP contribution in [0.5, 0.6) is 0 Å². The third-order valence-corrected chi connectivity index (χ3v) is 3.75. The second-order valence-electron chi connectivity index (χ2n) is 4.91. The van der Waals surface area contributed by atoms with E-state index in [1.54, 1.807) is 17.0 Å². The van der Waals surface area contributed by atoms with Gasteiger partial charge in [0.2, 0.25) is 0 Å². The highest BCUT2D eigenvalue weighted by Gasteiger charge is 2.18. The molecule has 0 atom stereocenters. The van der Waals surface area contributed by atoms with Gasteiger partial charge in [0, 0.05) is 25.1 Å². The molecule has 0 radical (unpaired) electrons. The molecule has 3 aromatic heterocycles. The van der Waals surface area contributed by atoms with Crippen LogP contribution in [0.4, 0.5) is 0 Å². The van der Waals surface area contributed by atoms with E-state index in [1.165, 1.54) is 6.20 Å². The van der Waals surface area contributed by atoms with E-state index in [2.05, 4.69) is 26.9 Å². The smallest absolute Gasteiger partial charge is 0.327 e.